The van der Waals surface area contributed by atoms with E-state index in [-0.39, 0.29) is 5.91 Å². The molecule has 1 N–H and O–H groups in total. The normalized spacial score (nSPS) is 13.7. The molecule has 3 rings (SSSR count). The van der Waals surface area contributed by atoms with Crippen LogP contribution < -0.4 is 10.2 Å². The fourth-order valence-corrected chi connectivity index (χ4v) is 3.01. The lowest BCUT2D eigenvalue weighted by Gasteiger charge is -2.29. The van der Waals surface area contributed by atoms with Gasteiger partial charge < -0.3 is 10.2 Å². The molecule has 1 aliphatic rings. The molecule has 120 valence electrons. The SMILES string of the molecule is O=C(CCNCCc1ccccn1)N1CCCc2ccccc21. The Kier molecular flexibility index (Phi) is 5.37. The summed E-state index contributed by atoms with van der Waals surface area (Å²) in [5.74, 6) is 0.211. The lowest BCUT2D eigenvalue weighted by molar-refractivity contribution is -0.118. The quantitative estimate of drug-likeness (QED) is 0.834. The average molecular weight is 309 g/mol. The van der Waals surface area contributed by atoms with Crippen molar-refractivity contribution in [2.75, 3.05) is 24.5 Å². The van der Waals surface area contributed by atoms with Crippen molar-refractivity contribution >= 4 is 11.6 Å². The summed E-state index contributed by atoms with van der Waals surface area (Å²) in [6, 6.07) is 14.2. The van der Waals surface area contributed by atoms with Gasteiger partial charge in [0.2, 0.25) is 5.91 Å². The summed E-state index contributed by atoms with van der Waals surface area (Å²) in [6.45, 7) is 2.40. The topological polar surface area (TPSA) is 45.2 Å². The maximum absolute atomic E-state index is 12.5. The highest BCUT2D eigenvalue weighted by atomic mass is 16.2. The second-order valence-corrected chi connectivity index (χ2v) is 5.85. The van der Waals surface area contributed by atoms with Crippen molar-refractivity contribution in [2.24, 2.45) is 0 Å². The van der Waals surface area contributed by atoms with Crippen LogP contribution in [0.1, 0.15) is 24.1 Å². The molecule has 0 bridgehead atoms. The van der Waals surface area contributed by atoms with Crippen LogP contribution in [0.2, 0.25) is 0 Å². The highest BCUT2D eigenvalue weighted by molar-refractivity contribution is 5.94. The number of para-hydroxylation sites is 1. The number of carbonyl (C=O) groups is 1. The molecule has 23 heavy (non-hydrogen) atoms. The van der Waals surface area contributed by atoms with E-state index in [1.165, 1.54) is 5.56 Å². The van der Waals surface area contributed by atoms with Crippen molar-refractivity contribution in [1.29, 1.82) is 0 Å². The molecule has 0 atom stereocenters. The van der Waals surface area contributed by atoms with Gasteiger partial charge in [0.05, 0.1) is 0 Å². The lowest BCUT2D eigenvalue weighted by Crippen LogP contribution is -2.37. The first-order valence-electron chi connectivity index (χ1n) is 8.33. The highest BCUT2D eigenvalue weighted by Gasteiger charge is 2.21. The molecule has 4 heteroatoms. The molecule has 0 unspecified atom stereocenters. The summed E-state index contributed by atoms with van der Waals surface area (Å²) in [5.41, 5.74) is 3.46. The third-order valence-corrected chi connectivity index (χ3v) is 4.21. The molecule has 0 saturated heterocycles. The molecule has 1 aliphatic heterocycles. The zero-order valence-electron chi connectivity index (χ0n) is 13.4. The molecule has 4 nitrogen and oxygen atoms in total. The number of benzene rings is 1. The van der Waals surface area contributed by atoms with E-state index in [0.717, 1.165) is 43.7 Å². The molecule has 1 aromatic heterocycles. The summed E-state index contributed by atoms with van der Waals surface area (Å²) < 4.78 is 0. The third-order valence-electron chi connectivity index (χ3n) is 4.21. The fourth-order valence-electron chi connectivity index (χ4n) is 3.01. The van der Waals surface area contributed by atoms with Crippen LogP contribution in [0.15, 0.2) is 48.7 Å². The third kappa shape index (κ3) is 4.17. The van der Waals surface area contributed by atoms with Crippen LogP contribution in [0.3, 0.4) is 0 Å². The number of amides is 1. The lowest BCUT2D eigenvalue weighted by atomic mass is 10.0. The smallest absolute Gasteiger partial charge is 0.228 e. The number of aryl methyl sites for hydroxylation is 1. The summed E-state index contributed by atoms with van der Waals surface area (Å²) >= 11 is 0. The van der Waals surface area contributed by atoms with Gasteiger partial charge >= 0.3 is 0 Å². The second-order valence-electron chi connectivity index (χ2n) is 5.85. The molecule has 0 saturated carbocycles. The molecular formula is C19H23N3O. The van der Waals surface area contributed by atoms with Crippen LogP contribution in [-0.4, -0.2) is 30.5 Å². The predicted molar refractivity (Wildman–Crippen MR) is 92.5 cm³/mol. The van der Waals surface area contributed by atoms with E-state index in [0.29, 0.717) is 13.0 Å². The van der Waals surface area contributed by atoms with E-state index in [9.17, 15) is 4.79 Å². The van der Waals surface area contributed by atoms with Crippen LogP contribution >= 0.6 is 0 Å². The minimum Gasteiger partial charge on any atom is -0.316 e. The second kappa shape index (κ2) is 7.88. The molecular weight excluding hydrogens is 286 g/mol. The average Bonchev–Trinajstić information content (AvgIpc) is 2.61. The summed E-state index contributed by atoms with van der Waals surface area (Å²) in [6.07, 6.45) is 5.36. The van der Waals surface area contributed by atoms with E-state index >= 15 is 0 Å². The first-order chi connectivity index (χ1) is 11.3. The zero-order chi connectivity index (χ0) is 15.9. The van der Waals surface area contributed by atoms with E-state index in [1.807, 2.05) is 41.4 Å². The number of nitrogens with zero attached hydrogens (tertiary/aromatic N) is 2. The first kappa shape index (κ1) is 15.7. The predicted octanol–water partition coefficient (Wildman–Crippen LogP) is 2.58. The number of fused-ring (bicyclic) bond motifs is 1. The standard InChI is InChI=1S/C19H23N3O/c23-19(11-14-20-13-10-17-8-3-4-12-21-17)22-15-5-7-16-6-1-2-9-18(16)22/h1-4,6,8-9,12,20H,5,7,10-11,13-15H2. The Morgan fingerprint density at radius 2 is 2.00 bits per heavy atom. The number of anilines is 1. The monoisotopic (exact) mass is 309 g/mol. The number of aromatic nitrogens is 1. The van der Waals surface area contributed by atoms with Crippen molar-refractivity contribution in [3.8, 4) is 0 Å². The van der Waals surface area contributed by atoms with E-state index < -0.39 is 0 Å². The maximum atomic E-state index is 12.5. The van der Waals surface area contributed by atoms with Gasteiger partial charge in [-0.2, -0.15) is 0 Å². The molecule has 2 aromatic rings. The van der Waals surface area contributed by atoms with Gasteiger partial charge in [0.25, 0.3) is 0 Å². The Morgan fingerprint density at radius 1 is 1.13 bits per heavy atom. The molecule has 0 radical (unpaired) electrons. The fraction of sp³-hybridized carbons (Fsp3) is 0.368. The van der Waals surface area contributed by atoms with Gasteiger partial charge in [-0.15, -0.1) is 0 Å². The van der Waals surface area contributed by atoms with Crippen molar-refractivity contribution < 1.29 is 4.79 Å². The Hall–Kier alpha value is -2.20. The summed E-state index contributed by atoms with van der Waals surface area (Å²) in [7, 11) is 0. The van der Waals surface area contributed by atoms with Crippen LogP contribution in [0.5, 0.6) is 0 Å². The number of hydrogen-bond donors (Lipinski definition) is 1. The highest BCUT2D eigenvalue weighted by Crippen LogP contribution is 2.26. The number of carbonyl (C=O) groups excluding carboxylic acids is 1. The molecule has 0 spiro atoms. The van der Waals surface area contributed by atoms with Crippen LogP contribution in [0, 0.1) is 0 Å². The Morgan fingerprint density at radius 3 is 2.87 bits per heavy atom. The minimum atomic E-state index is 0.211. The Labute approximate surface area is 137 Å². The summed E-state index contributed by atoms with van der Waals surface area (Å²) in [4.78, 5) is 18.7. The number of hydrogen-bond acceptors (Lipinski definition) is 3. The van der Waals surface area contributed by atoms with Gasteiger partial charge in [-0.05, 0) is 36.6 Å². The number of rotatable bonds is 6. The van der Waals surface area contributed by atoms with Gasteiger partial charge in [0, 0.05) is 50.1 Å². The molecule has 1 amide bonds. The van der Waals surface area contributed by atoms with E-state index in [4.69, 9.17) is 0 Å². The van der Waals surface area contributed by atoms with Crippen molar-refractivity contribution in [2.45, 2.75) is 25.7 Å². The zero-order valence-corrected chi connectivity index (χ0v) is 13.4. The Bertz CT molecular complexity index is 642. The van der Waals surface area contributed by atoms with Gasteiger partial charge in [-0.3, -0.25) is 9.78 Å². The van der Waals surface area contributed by atoms with Gasteiger partial charge in [-0.25, -0.2) is 0 Å². The van der Waals surface area contributed by atoms with Crippen molar-refractivity contribution in [3.63, 3.8) is 0 Å². The van der Waals surface area contributed by atoms with E-state index in [1.54, 1.807) is 0 Å². The van der Waals surface area contributed by atoms with E-state index in [2.05, 4.69) is 22.4 Å². The minimum absolute atomic E-state index is 0.211. The van der Waals surface area contributed by atoms with Gasteiger partial charge in [0.1, 0.15) is 0 Å². The number of pyridine rings is 1. The maximum Gasteiger partial charge on any atom is 0.228 e. The molecule has 2 heterocycles. The van der Waals surface area contributed by atoms with Crippen LogP contribution in [0.25, 0.3) is 0 Å². The van der Waals surface area contributed by atoms with Crippen LogP contribution in [0.4, 0.5) is 5.69 Å². The Balaban J connectivity index is 1.43. The van der Waals surface area contributed by atoms with Gasteiger partial charge in [0.15, 0.2) is 0 Å². The van der Waals surface area contributed by atoms with Crippen molar-refractivity contribution in [1.82, 2.24) is 10.3 Å². The molecule has 1 aromatic carbocycles. The molecule has 0 aliphatic carbocycles. The summed E-state index contributed by atoms with van der Waals surface area (Å²) in [5, 5.41) is 3.34. The molecule has 0 fully saturated rings. The largest absolute Gasteiger partial charge is 0.316 e. The first-order valence-corrected chi connectivity index (χ1v) is 8.33. The van der Waals surface area contributed by atoms with Crippen molar-refractivity contribution in [3.05, 3.63) is 59.9 Å². The van der Waals surface area contributed by atoms with Crippen LogP contribution in [-0.2, 0) is 17.6 Å². The van der Waals surface area contributed by atoms with Gasteiger partial charge in [-0.1, -0.05) is 24.3 Å². The number of nitrogens with one attached hydrogen (secondary N) is 1.